The molecule has 0 bridgehead atoms. The summed E-state index contributed by atoms with van der Waals surface area (Å²) >= 11 is 3.72. The average Bonchev–Trinajstić information content (AvgIpc) is 3.35. The maximum absolute atomic E-state index is 10.6. The summed E-state index contributed by atoms with van der Waals surface area (Å²) in [5.41, 5.74) is 5.77. The van der Waals surface area contributed by atoms with E-state index < -0.39 is 8.25 Å². The van der Waals surface area contributed by atoms with Crippen LogP contribution in [0.4, 0.5) is 0 Å². The van der Waals surface area contributed by atoms with Gasteiger partial charge in [0.15, 0.2) is 0 Å². The highest BCUT2D eigenvalue weighted by Gasteiger charge is 2.10. The van der Waals surface area contributed by atoms with E-state index in [-0.39, 0.29) is 6.61 Å². The first-order chi connectivity index (χ1) is 16.9. The van der Waals surface area contributed by atoms with Crippen molar-refractivity contribution in [2.75, 3.05) is 19.8 Å². The minimum absolute atomic E-state index is 0.271. The first kappa shape index (κ1) is 27.7. The third kappa shape index (κ3) is 9.59. The Balaban J connectivity index is 1.53. The summed E-state index contributed by atoms with van der Waals surface area (Å²) in [6.45, 7) is 6.75. The zero-order valence-corrected chi connectivity index (χ0v) is 23.0. The van der Waals surface area contributed by atoms with Crippen LogP contribution >= 0.6 is 24.2 Å². The molecule has 3 aromatic rings. The van der Waals surface area contributed by atoms with E-state index in [1.807, 2.05) is 12.1 Å². The molecule has 2 N–H and O–H groups in total. The fourth-order valence-electron chi connectivity index (χ4n) is 3.86. The van der Waals surface area contributed by atoms with E-state index in [0.717, 1.165) is 41.7 Å². The molecule has 8 heteroatoms. The fraction of sp³-hybridized carbons (Fsp3) is 0.407. The minimum Gasteiger partial charge on any atom is -0.493 e. The average molecular weight is 564 g/mol. The monoisotopic (exact) mass is 563 g/mol. The molecular weight excluding hydrogens is 529 g/mol. The van der Waals surface area contributed by atoms with Crippen LogP contribution in [0.15, 0.2) is 63.9 Å². The lowest BCUT2D eigenvalue weighted by atomic mass is 10.0. The Labute approximate surface area is 217 Å². The maximum Gasteiger partial charge on any atom is 0.316 e. The van der Waals surface area contributed by atoms with Crippen molar-refractivity contribution in [2.24, 2.45) is 5.92 Å². The largest absolute Gasteiger partial charge is 0.493 e. The molecule has 1 atom stereocenters. The third-order valence-electron chi connectivity index (χ3n) is 5.54. The summed E-state index contributed by atoms with van der Waals surface area (Å²) in [6, 6.07) is 14.8. The number of benzene rings is 2. The van der Waals surface area contributed by atoms with Crippen molar-refractivity contribution >= 4 is 24.2 Å². The van der Waals surface area contributed by atoms with Crippen LogP contribution in [-0.2, 0) is 28.5 Å². The van der Waals surface area contributed by atoms with E-state index in [1.54, 1.807) is 12.5 Å². The minimum atomic E-state index is -2.84. The highest BCUT2D eigenvalue weighted by Crippen LogP contribution is 2.32. The van der Waals surface area contributed by atoms with Crippen LogP contribution < -0.4 is 10.1 Å². The lowest BCUT2D eigenvalue weighted by Crippen LogP contribution is -2.16. The molecule has 2 aromatic carbocycles. The van der Waals surface area contributed by atoms with Crippen molar-refractivity contribution in [3.63, 3.8) is 0 Å². The van der Waals surface area contributed by atoms with Gasteiger partial charge in [0.25, 0.3) is 0 Å². The summed E-state index contributed by atoms with van der Waals surface area (Å²) in [6.07, 6.45) is 7.02. The summed E-state index contributed by atoms with van der Waals surface area (Å²) < 4.78 is 28.0. The van der Waals surface area contributed by atoms with E-state index >= 15 is 0 Å². The van der Waals surface area contributed by atoms with Crippen LogP contribution in [0.1, 0.15) is 43.4 Å². The van der Waals surface area contributed by atoms with Crippen LogP contribution in [0.5, 0.6) is 5.75 Å². The molecule has 0 aliphatic heterocycles. The predicted molar refractivity (Wildman–Crippen MR) is 144 cm³/mol. The molecule has 0 radical (unpaired) electrons. The highest BCUT2D eigenvalue weighted by molar-refractivity contribution is 9.10. The van der Waals surface area contributed by atoms with Gasteiger partial charge in [-0.1, -0.05) is 48.0 Å². The molecule has 190 valence electrons. The van der Waals surface area contributed by atoms with Crippen molar-refractivity contribution < 1.29 is 23.1 Å². The Morgan fingerprint density at radius 3 is 2.63 bits per heavy atom. The smallest absolute Gasteiger partial charge is 0.316 e. The molecule has 1 unspecified atom stereocenters. The van der Waals surface area contributed by atoms with Crippen LogP contribution in [-0.4, -0.2) is 24.7 Å². The van der Waals surface area contributed by atoms with Gasteiger partial charge in [-0.3, -0.25) is 4.57 Å². The second-order valence-corrected chi connectivity index (χ2v) is 10.6. The zero-order chi connectivity index (χ0) is 25.0. The molecule has 0 aliphatic carbocycles. The quantitative estimate of drug-likeness (QED) is 0.156. The van der Waals surface area contributed by atoms with Gasteiger partial charge in [-0.15, -0.1) is 0 Å². The van der Waals surface area contributed by atoms with Gasteiger partial charge in [-0.05, 0) is 79.1 Å². The van der Waals surface area contributed by atoms with E-state index in [1.165, 1.54) is 15.6 Å². The number of ether oxygens (including phenoxy) is 1. The van der Waals surface area contributed by atoms with E-state index in [2.05, 4.69) is 65.4 Å². The molecule has 3 rings (SSSR count). The molecule has 0 spiro atoms. The second-order valence-electron chi connectivity index (χ2n) is 8.96. The number of rotatable bonds is 15. The van der Waals surface area contributed by atoms with Crippen LogP contribution in [0.2, 0.25) is 0 Å². The van der Waals surface area contributed by atoms with Gasteiger partial charge in [0.05, 0.1) is 25.7 Å². The first-order valence-corrected chi connectivity index (χ1v) is 14.1. The Hall–Kier alpha value is -1.89. The molecule has 0 aliphatic rings. The Morgan fingerprint density at radius 2 is 1.91 bits per heavy atom. The summed E-state index contributed by atoms with van der Waals surface area (Å²) in [5.74, 6) is 1.47. The van der Waals surface area contributed by atoms with Gasteiger partial charge in [0.1, 0.15) is 5.75 Å². The standard InChI is InChI=1S/C27H35BrNO5P/c1-20(2)15-23-8-6-21(17-26(23)28)5-3-12-33-27-9-7-22(16-25(27)24-10-14-32-19-24)18-29-11-4-13-34-35(30)31/h6-10,14,16-17,19-20,29,35H,3-5,11-13,15,18H2,1-2H3,(H,30,31). The number of aryl methyl sites for hydroxylation is 1. The van der Waals surface area contributed by atoms with Gasteiger partial charge in [-0.2, -0.15) is 0 Å². The number of hydrogen-bond donors (Lipinski definition) is 2. The topological polar surface area (TPSA) is 80.9 Å². The number of halogens is 1. The molecule has 35 heavy (non-hydrogen) atoms. The Morgan fingerprint density at radius 1 is 1.09 bits per heavy atom. The molecule has 0 amide bonds. The molecule has 0 fully saturated rings. The Kier molecular flexibility index (Phi) is 11.6. The van der Waals surface area contributed by atoms with E-state index in [9.17, 15) is 4.57 Å². The highest BCUT2D eigenvalue weighted by atomic mass is 79.9. The van der Waals surface area contributed by atoms with Crippen molar-refractivity contribution in [1.29, 1.82) is 0 Å². The molecule has 0 saturated carbocycles. The van der Waals surface area contributed by atoms with Crippen molar-refractivity contribution in [1.82, 2.24) is 5.32 Å². The van der Waals surface area contributed by atoms with Gasteiger partial charge in [0, 0.05) is 22.1 Å². The number of hydrogen-bond acceptors (Lipinski definition) is 5. The van der Waals surface area contributed by atoms with Crippen molar-refractivity contribution in [3.05, 3.63) is 76.2 Å². The summed E-state index contributed by atoms with van der Waals surface area (Å²) in [5, 5.41) is 3.34. The molecule has 1 heterocycles. The second kappa shape index (κ2) is 14.6. The normalized spacial score (nSPS) is 12.3. The number of furan rings is 1. The lowest BCUT2D eigenvalue weighted by molar-refractivity contribution is 0.276. The molecule has 0 saturated heterocycles. The fourth-order valence-corrected chi connectivity index (χ4v) is 4.76. The lowest BCUT2D eigenvalue weighted by Gasteiger charge is -2.14. The SMILES string of the molecule is CC(C)Cc1ccc(CCCOc2ccc(CNCCCO[PH](=O)O)cc2-c2ccoc2)cc1Br. The van der Waals surface area contributed by atoms with Crippen molar-refractivity contribution in [2.45, 2.75) is 46.1 Å². The van der Waals surface area contributed by atoms with Gasteiger partial charge >= 0.3 is 8.25 Å². The Bertz CT molecular complexity index is 1070. The molecule has 6 nitrogen and oxygen atoms in total. The third-order valence-corrected chi connectivity index (χ3v) is 6.73. The molecule has 1 aromatic heterocycles. The van der Waals surface area contributed by atoms with E-state index in [0.29, 0.717) is 32.0 Å². The summed E-state index contributed by atoms with van der Waals surface area (Å²) in [4.78, 5) is 8.70. The van der Waals surface area contributed by atoms with Gasteiger partial charge in [-0.25, -0.2) is 0 Å². The summed E-state index contributed by atoms with van der Waals surface area (Å²) in [7, 11) is -2.84. The van der Waals surface area contributed by atoms with Crippen LogP contribution in [0.3, 0.4) is 0 Å². The van der Waals surface area contributed by atoms with E-state index in [4.69, 9.17) is 18.6 Å². The zero-order valence-electron chi connectivity index (χ0n) is 20.4. The maximum atomic E-state index is 10.6. The van der Waals surface area contributed by atoms with Crippen LogP contribution in [0.25, 0.3) is 11.1 Å². The number of nitrogens with one attached hydrogen (secondary N) is 1. The van der Waals surface area contributed by atoms with Gasteiger partial charge in [0.2, 0.25) is 0 Å². The first-order valence-electron chi connectivity index (χ1n) is 12.0. The molecular formula is C27H35BrNO5P. The van der Waals surface area contributed by atoms with Crippen LogP contribution in [0, 0.1) is 5.92 Å². The van der Waals surface area contributed by atoms with Gasteiger partial charge < -0.3 is 23.9 Å². The van der Waals surface area contributed by atoms with Crippen molar-refractivity contribution in [3.8, 4) is 16.9 Å². The predicted octanol–water partition coefficient (Wildman–Crippen LogP) is 6.80.